The number of fused-ring (bicyclic) bond motifs is 1. The van der Waals surface area contributed by atoms with Crippen molar-refractivity contribution in [2.24, 2.45) is 0 Å². The van der Waals surface area contributed by atoms with Crippen LogP contribution in [0.2, 0.25) is 0 Å². The molecule has 0 aliphatic rings. The van der Waals surface area contributed by atoms with Crippen molar-refractivity contribution in [1.29, 1.82) is 0 Å². The van der Waals surface area contributed by atoms with Crippen LogP contribution >= 0.6 is 12.2 Å². The minimum absolute atomic E-state index is 0.350. The standard InChI is InChI=1S/C13H20N4S/c1-9-5-6-11-12(14-9)17(13(18)15-11)10(2)7-8-16(3)4/h5-6,10H,7-8H2,1-4H3,(H,15,18). The molecule has 0 radical (unpaired) electrons. The lowest BCUT2D eigenvalue weighted by atomic mass is 10.2. The van der Waals surface area contributed by atoms with Gasteiger partial charge in [-0.3, -0.25) is 4.57 Å². The van der Waals surface area contributed by atoms with Crippen molar-refractivity contribution in [2.45, 2.75) is 26.3 Å². The van der Waals surface area contributed by atoms with Gasteiger partial charge in [0, 0.05) is 11.7 Å². The van der Waals surface area contributed by atoms with Crippen LogP contribution in [0.4, 0.5) is 0 Å². The molecule has 0 saturated heterocycles. The second-order valence-electron chi connectivity index (χ2n) is 5.06. The smallest absolute Gasteiger partial charge is 0.179 e. The van der Waals surface area contributed by atoms with E-state index in [1.165, 1.54) is 0 Å². The van der Waals surface area contributed by atoms with Gasteiger partial charge in [-0.2, -0.15) is 0 Å². The number of rotatable bonds is 4. The van der Waals surface area contributed by atoms with Gasteiger partial charge in [-0.05, 0) is 65.3 Å². The molecule has 0 bridgehead atoms. The van der Waals surface area contributed by atoms with Gasteiger partial charge in [0.2, 0.25) is 0 Å². The van der Waals surface area contributed by atoms with Crippen LogP contribution in [0.3, 0.4) is 0 Å². The van der Waals surface area contributed by atoms with Gasteiger partial charge in [-0.25, -0.2) is 4.98 Å². The second-order valence-corrected chi connectivity index (χ2v) is 5.45. The number of aromatic nitrogens is 3. The molecule has 0 aliphatic carbocycles. The number of nitrogens with one attached hydrogen (secondary N) is 1. The Bertz CT molecular complexity index is 597. The van der Waals surface area contributed by atoms with Gasteiger partial charge in [-0.15, -0.1) is 0 Å². The maximum Gasteiger partial charge on any atom is 0.179 e. The van der Waals surface area contributed by atoms with E-state index in [4.69, 9.17) is 12.2 Å². The Morgan fingerprint density at radius 2 is 2.17 bits per heavy atom. The van der Waals surface area contributed by atoms with Gasteiger partial charge < -0.3 is 9.88 Å². The van der Waals surface area contributed by atoms with Crippen LogP contribution < -0.4 is 0 Å². The Labute approximate surface area is 113 Å². The number of pyridine rings is 1. The van der Waals surface area contributed by atoms with E-state index < -0.39 is 0 Å². The van der Waals surface area contributed by atoms with Crippen molar-refractivity contribution in [2.75, 3.05) is 20.6 Å². The SMILES string of the molecule is Cc1ccc2[nH]c(=S)n(C(C)CCN(C)C)c2n1. The molecule has 0 saturated carbocycles. The van der Waals surface area contributed by atoms with Crippen LogP contribution in [0.25, 0.3) is 11.2 Å². The molecule has 18 heavy (non-hydrogen) atoms. The molecule has 1 N–H and O–H groups in total. The van der Waals surface area contributed by atoms with E-state index in [1.807, 2.05) is 19.1 Å². The highest BCUT2D eigenvalue weighted by molar-refractivity contribution is 7.71. The second kappa shape index (κ2) is 5.20. The van der Waals surface area contributed by atoms with E-state index in [2.05, 4.69) is 40.5 Å². The molecule has 4 nitrogen and oxygen atoms in total. The average Bonchev–Trinajstić information content (AvgIpc) is 2.61. The minimum Gasteiger partial charge on any atom is -0.329 e. The Kier molecular flexibility index (Phi) is 3.82. The molecule has 1 unspecified atom stereocenters. The molecule has 0 aromatic carbocycles. The molecule has 2 rings (SSSR count). The predicted octanol–water partition coefficient (Wildman–Crippen LogP) is 2.92. The zero-order valence-corrected chi connectivity index (χ0v) is 12.2. The minimum atomic E-state index is 0.350. The van der Waals surface area contributed by atoms with E-state index in [9.17, 15) is 0 Å². The topological polar surface area (TPSA) is 36.9 Å². The van der Waals surface area contributed by atoms with Gasteiger partial charge in [-0.1, -0.05) is 0 Å². The maximum absolute atomic E-state index is 5.41. The van der Waals surface area contributed by atoms with Crippen molar-refractivity contribution in [3.8, 4) is 0 Å². The molecule has 2 aromatic rings. The fourth-order valence-corrected chi connectivity index (χ4v) is 2.46. The van der Waals surface area contributed by atoms with Crippen LogP contribution in [-0.4, -0.2) is 40.1 Å². The molecule has 98 valence electrons. The summed E-state index contributed by atoms with van der Waals surface area (Å²) in [5.74, 6) is 0. The number of hydrogen-bond donors (Lipinski definition) is 1. The first-order valence-electron chi connectivity index (χ1n) is 6.21. The first kappa shape index (κ1) is 13.2. The van der Waals surface area contributed by atoms with Crippen molar-refractivity contribution in [3.63, 3.8) is 0 Å². The third kappa shape index (κ3) is 2.62. The highest BCUT2D eigenvalue weighted by Gasteiger charge is 2.12. The van der Waals surface area contributed by atoms with E-state index in [0.717, 1.165) is 34.6 Å². The third-order valence-electron chi connectivity index (χ3n) is 3.14. The largest absolute Gasteiger partial charge is 0.329 e. The first-order chi connectivity index (χ1) is 8.49. The van der Waals surface area contributed by atoms with Gasteiger partial charge in [0.05, 0.1) is 5.52 Å². The Balaban J connectivity index is 2.40. The fraction of sp³-hybridized carbons (Fsp3) is 0.538. The van der Waals surface area contributed by atoms with Crippen LogP contribution in [0.5, 0.6) is 0 Å². The monoisotopic (exact) mass is 264 g/mol. The van der Waals surface area contributed by atoms with Gasteiger partial charge in [0.25, 0.3) is 0 Å². The van der Waals surface area contributed by atoms with Gasteiger partial charge >= 0.3 is 0 Å². The lowest BCUT2D eigenvalue weighted by Crippen LogP contribution is -2.17. The maximum atomic E-state index is 5.41. The molecular formula is C13H20N4S. The third-order valence-corrected chi connectivity index (χ3v) is 3.44. The fourth-order valence-electron chi connectivity index (χ4n) is 2.08. The summed E-state index contributed by atoms with van der Waals surface area (Å²) in [6.07, 6.45) is 1.06. The number of aromatic amines is 1. The summed E-state index contributed by atoms with van der Waals surface area (Å²) in [5.41, 5.74) is 3.00. The zero-order chi connectivity index (χ0) is 13.3. The molecule has 0 spiro atoms. The Morgan fingerprint density at radius 3 is 2.83 bits per heavy atom. The van der Waals surface area contributed by atoms with E-state index in [0.29, 0.717) is 6.04 Å². The lowest BCUT2D eigenvalue weighted by molar-refractivity contribution is 0.359. The molecule has 1 atom stereocenters. The zero-order valence-electron chi connectivity index (χ0n) is 11.4. The van der Waals surface area contributed by atoms with E-state index in [1.54, 1.807) is 0 Å². The summed E-state index contributed by atoms with van der Waals surface area (Å²) in [7, 11) is 4.17. The Morgan fingerprint density at radius 1 is 1.44 bits per heavy atom. The molecule has 0 amide bonds. The number of H-pyrrole nitrogens is 1. The van der Waals surface area contributed by atoms with Crippen molar-refractivity contribution in [3.05, 3.63) is 22.6 Å². The van der Waals surface area contributed by atoms with E-state index in [-0.39, 0.29) is 0 Å². The number of nitrogens with zero attached hydrogens (tertiary/aromatic N) is 3. The molecule has 0 fully saturated rings. The molecule has 2 heterocycles. The Hall–Kier alpha value is -1.20. The lowest BCUT2D eigenvalue weighted by Gasteiger charge is -2.17. The summed E-state index contributed by atoms with van der Waals surface area (Å²) >= 11 is 5.41. The summed E-state index contributed by atoms with van der Waals surface area (Å²) < 4.78 is 2.88. The number of imidazole rings is 1. The van der Waals surface area contributed by atoms with E-state index >= 15 is 0 Å². The highest BCUT2D eigenvalue weighted by Crippen LogP contribution is 2.20. The summed E-state index contributed by atoms with van der Waals surface area (Å²) in [4.78, 5) is 10.0. The van der Waals surface area contributed by atoms with Crippen LogP contribution in [-0.2, 0) is 0 Å². The number of aryl methyl sites for hydroxylation is 1. The molecular weight excluding hydrogens is 244 g/mol. The van der Waals surface area contributed by atoms with Crippen LogP contribution in [0.1, 0.15) is 25.1 Å². The van der Waals surface area contributed by atoms with Crippen molar-refractivity contribution >= 4 is 23.4 Å². The predicted molar refractivity (Wildman–Crippen MR) is 77.5 cm³/mol. The molecule has 5 heteroatoms. The molecule has 2 aromatic heterocycles. The highest BCUT2D eigenvalue weighted by atomic mass is 32.1. The van der Waals surface area contributed by atoms with Crippen LogP contribution in [0, 0.1) is 11.7 Å². The first-order valence-corrected chi connectivity index (χ1v) is 6.62. The summed E-state index contributed by atoms with van der Waals surface area (Å²) in [6, 6.07) is 4.40. The summed E-state index contributed by atoms with van der Waals surface area (Å²) in [6.45, 7) is 5.24. The van der Waals surface area contributed by atoms with Gasteiger partial charge in [0.1, 0.15) is 0 Å². The van der Waals surface area contributed by atoms with Gasteiger partial charge in [0.15, 0.2) is 10.4 Å². The van der Waals surface area contributed by atoms with Crippen molar-refractivity contribution in [1.82, 2.24) is 19.4 Å². The molecule has 0 aliphatic heterocycles. The normalized spacial score (nSPS) is 13.4. The van der Waals surface area contributed by atoms with Crippen LogP contribution in [0.15, 0.2) is 12.1 Å². The number of hydrogen-bond acceptors (Lipinski definition) is 3. The average molecular weight is 264 g/mol. The summed E-state index contributed by atoms with van der Waals surface area (Å²) in [5, 5.41) is 0. The quantitative estimate of drug-likeness (QED) is 0.863. The van der Waals surface area contributed by atoms with Crippen molar-refractivity contribution < 1.29 is 0 Å².